The quantitative estimate of drug-likeness (QED) is 0.0854. The number of benzene rings is 3. The number of ether oxygens (including phenoxy) is 1. The van der Waals surface area contributed by atoms with Crippen LogP contribution in [0.15, 0.2) is 97.5 Å². The van der Waals surface area contributed by atoms with E-state index in [-0.39, 0.29) is 30.2 Å². The van der Waals surface area contributed by atoms with Crippen LogP contribution in [0.3, 0.4) is 0 Å². The van der Waals surface area contributed by atoms with E-state index in [9.17, 15) is 9.59 Å². The number of urea groups is 1. The molecule has 3 amide bonds. The monoisotopic (exact) mass is 699 g/mol. The van der Waals surface area contributed by atoms with Gasteiger partial charge in [-0.15, -0.1) is 0 Å². The van der Waals surface area contributed by atoms with Gasteiger partial charge in [0.05, 0.1) is 29.5 Å². The zero-order valence-electron chi connectivity index (χ0n) is 29.5. The average molecular weight is 700 g/mol. The molecule has 13 nitrogen and oxygen atoms in total. The molecule has 0 aliphatic rings. The summed E-state index contributed by atoms with van der Waals surface area (Å²) in [6.45, 7) is 8.89. The minimum absolute atomic E-state index is 0.00403. The van der Waals surface area contributed by atoms with E-state index < -0.39 is 6.03 Å². The van der Waals surface area contributed by atoms with E-state index in [0.29, 0.717) is 41.9 Å². The largest absolute Gasteiger partial charge is 0.488 e. The van der Waals surface area contributed by atoms with Crippen LogP contribution in [0.1, 0.15) is 54.5 Å². The van der Waals surface area contributed by atoms with E-state index >= 15 is 0 Å². The molecule has 0 radical (unpaired) electrons. The SMILES string of the molecule is Cc1ccc(-n2nc(C(C)(C)C)cc2NC(=O)Nc2ccc(OCc3ccnc(Nc4cnc(C(=O)NCCCO)cn4)c3)c3ccccc23)cc1. The van der Waals surface area contributed by atoms with Gasteiger partial charge in [-0.2, -0.15) is 5.10 Å². The lowest BCUT2D eigenvalue weighted by Gasteiger charge is -2.15. The molecule has 0 aliphatic carbocycles. The van der Waals surface area contributed by atoms with Crippen LogP contribution >= 0.6 is 0 Å². The first-order valence-corrected chi connectivity index (χ1v) is 16.9. The number of carbonyl (C=O) groups excluding carboxylic acids is 2. The number of rotatable bonds is 12. The van der Waals surface area contributed by atoms with Gasteiger partial charge < -0.3 is 25.8 Å². The summed E-state index contributed by atoms with van der Waals surface area (Å²) in [6, 6.07) is 24.6. The van der Waals surface area contributed by atoms with Crippen molar-refractivity contribution in [1.29, 1.82) is 0 Å². The smallest absolute Gasteiger partial charge is 0.324 e. The second kappa shape index (κ2) is 15.7. The highest BCUT2D eigenvalue weighted by Gasteiger charge is 2.22. The van der Waals surface area contributed by atoms with Crippen molar-refractivity contribution >= 4 is 45.9 Å². The molecule has 3 aromatic heterocycles. The van der Waals surface area contributed by atoms with Crippen molar-refractivity contribution in [2.24, 2.45) is 0 Å². The molecule has 0 spiro atoms. The van der Waals surface area contributed by atoms with Crippen molar-refractivity contribution < 1.29 is 19.4 Å². The van der Waals surface area contributed by atoms with Crippen molar-refractivity contribution in [3.05, 3.63) is 120 Å². The third-order valence-corrected chi connectivity index (χ3v) is 8.11. The van der Waals surface area contributed by atoms with Gasteiger partial charge in [0.15, 0.2) is 0 Å². The number of amides is 3. The average Bonchev–Trinajstić information content (AvgIpc) is 3.56. The number of fused-ring (bicyclic) bond motifs is 1. The topological polar surface area (TPSA) is 168 Å². The van der Waals surface area contributed by atoms with E-state index in [1.807, 2.05) is 85.8 Å². The van der Waals surface area contributed by atoms with Crippen molar-refractivity contribution in [1.82, 2.24) is 30.0 Å². The summed E-state index contributed by atoms with van der Waals surface area (Å²) in [5, 5.41) is 27.2. The second-order valence-corrected chi connectivity index (χ2v) is 13.2. The molecule has 0 bridgehead atoms. The number of aryl methyl sites for hydroxylation is 1. The summed E-state index contributed by atoms with van der Waals surface area (Å²) in [5.74, 6) is 1.80. The standard InChI is InChI=1S/C39H41N9O4/c1-25-10-12-27(13-11-25)48-36(21-33(47-48)39(2,3)4)46-38(51)44-30-14-15-32(29-9-6-5-8-28(29)30)52-24-26-16-18-40-34(20-26)45-35-23-42-31(22-43-35)37(50)41-17-7-19-49/h5-6,8-16,18,20-23,49H,7,17,19,24H2,1-4H3,(H,41,50)(H,40,43,45)(H2,44,46,51). The van der Waals surface area contributed by atoms with Gasteiger partial charge in [-0.05, 0) is 55.3 Å². The highest BCUT2D eigenvalue weighted by molar-refractivity contribution is 6.07. The van der Waals surface area contributed by atoms with Gasteiger partial charge in [-0.25, -0.2) is 24.4 Å². The first-order chi connectivity index (χ1) is 25.1. The molecule has 3 heterocycles. The summed E-state index contributed by atoms with van der Waals surface area (Å²) in [5.41, 5.74) is 4.28. The van der Waals surface area contributed by atoms with Crippen molar-refractivity contribution in [2.75, 3.05) is 29.1 Å². The molecule has 0 unspecified atom stereocenters. The van der Waals surface area contributed by atoms with Gasteiger partial charge in [0.1, 0.15) is 35.5 Å². The minimum Gasteiger partial charge on any atom is -0.488 e. The molecule has 266 valence electrons. The third-order valence-electron chi connectivity index (χ3n) is 8.11. The lowest BCUT2D eigenvalue weighted by molar-refractivity contribution is 0.0945. The lowest BCUT2D eigenvalue weighted by Crippen LogP contribution is -2.26. The van der Waals surface area contributed by atoms with E-state index in [0.717, 1.165) is 33.3 Å². The Morgan fingerprint density at radius 1 is 0.865 bits per heavy atom. The zero-order valence-corrected chi connectivity index (χ0v) is 29.5. The normalized spacial score (nSPS) is 11.2. The molecule has 52 heavy (non-hydrogen) atoms. The van der Waals surface area contributed by atoms with Crippen LogP contribution in [0.4, 0.5) is 27.9 Å². The molecule has 0 atom stereocenters. The van der Waals surface area contributed by atoms with Gasteiger partial charge >= 0.3 is 6.03 Å². The molecule has 0 fully saturated rings. The number of hydrogen-bond acceptors (Lipinski definition) is 9. The molecule has 6 rings (SSSR count). The Hall–Kier alpha value is -6.34. The van der Waals surface area contributed by atoms with Crippen molar-refractivity contribution in [3.8, 4) is 11.4 Å². The summed E-state index contributed by atoms with van der Waals surface area (Å²) < 4.78 is 8.02. The van der Waals surface area contributed by atoms with Gasteiger partial charge in [0.25, 0.3) is 5.91 Å². The minimum atomic E-state index is -0.398. The van der Waals surface area contributed by atoms with Crippen LogP contribution in [-0.4, -0.2) is 54.9 Å². The van der Waals surface area contributed by atoms with Crippen molar-refractivity contribution in [3.63, 3.8) is 0 Å². The highest BCUT2D eigenvalue weighted by atomic mass is 16.5. The van der Waals surface area contributed by atoms with Gasteiger partial charge in [0.2, 0.25) is 0 Å². The number of nitrogens with zero attached hydrogens (tertiary/aromatic N) is 5. The molecule has 0 saturated carbocycles. The summed E-state index contributed by atoms with van der Waals surface area (Å²) in [7, 11) is 0. The molecular formula is C39H41N9O4. The first kappa shape index (κ1) is 35.5. The Kier molecular flexibility index (Phi) is 10.7. The number of hydrogen-bond donors (Lipinski definition) is 5. The summed E-state index contributed by atoms with van der Waals surface area (Å²) in [6.07, 6.45) is 4.96. The predicted molar refractivity (Wildman–Crippen MR) is 202 cm³/mol. The van der Waals surface area contributed by atoms with E-state index in [1.165, 1.54) is 12.4 Å². The van der Waals surface area contributed by atoms with Crippen LogP contribution in [0, 0.1) is 6.92 Å². The number of aromatic nitrogens is 5. The number of carbonyl (C=O) groups is 2. The number of aliphatic hydroxyl groups excluding tert-OH is 1. The molecule has 3 aromatic carbocycles. The van der Waals surface area contributed by atoms with Crippen LogP contribution in [0.2, 0.25) is 0 Å². The fourth-order valence-electron chi connectivity index (χ4n) is 5.30. The Bertz CT molecular complexity index is 2180. The highest BCUT2D eigenvalue weighted by Crippen LogP contribution is 2.33. The Morgan fingerprint density at radius 3 is 2.38 bits per heavy atom. The zero-order chi connectivity index (χ0) is 36.7. The molecule has 5 N–H and O–H groups in total. The predicted octanol–water partition coefficient (Wildman–Crippen LogP) is 6.90. The number of anilines is 4. The maximum Gasteiger partial charge on any atom is 0.324 e. The fourth-order valence-corrected chi connectivity index (χ4v) is 5.30. The summed E-state index contributed by atoms with van der Waals surface area (Å²) in [4.78, 5) is 38.4. The number of nitrogens with one attached hydrogen (secondary N) is 4. The van der Waals surface area contributed by atoms with Crippen LogP contribution in [0.25, 0.3) is 16.5 Å². The first-order valence-electron chi connectivity index (χ1n) is 16.9. The number of pyridine rings is 1. The van der Waals surface area contributed by atoms with E-state index in [1.54, 1.807) is 10.9 Å². The van der Waals surface area contributed by atoms with Gasteiger partial charge in [-0.3, -0.25) is 10.1 Å². The fraction of sp³-hybridized carbons (Fsp3) is 0.231. The lowest BCUT2D eigenvalue weighted by atomic mass is 9.92. The number of aliphatic hydroxyl groups is 1. The second-order valence-electron chi connectivity index (χ2n) is 13.2. The maximum atomic E-state index is 13.4. The molecule has 6 aromatic rings. The third kappa shape index (κ3) is 8.68. The van der Waals surface area contributed by atoms with Gasteiger partial charge in [0, 0.05) is 41.6 Å². The van der Waals surface area contributed by atoms with Gasteiger partial charge in [-0.1, -0.05) is 62.7 Å². The Balaban J connectivity index is 1.13. The Labute approximate surface area is 301 Å². The van der Waals surface area contributed by atoms with E-state index in [4.69, 9.17) is 14.9 Å². The van der Waals surface area contributed by atoms with Crippen LogP contribution < -0.4 is 26.0 Å². The van der Waals surface area contributed by atoms with E-state index in [2.05, 4.69) is 57.0 Å². The molecule has 0 saturated heterocycles. The maximum absolute atomic E-state index is 13.4. The van der Waals surface area contributed by atoms with Crippen molar-refractivity contribution in [2.45, 2.75) is 46.1 Å². The van der Waals surface area contributed by atoms with Crippen LogP contribution in [-0.2, 0) is 12.0 Å². The summed E-state index contributed by atoms with van der Waals surface area (Å²) >= 11 is 0. The Morgan fingerprint density at radius 2 is 1.65 bits per heavy atom. The van der Waals surface area contributed by atoms with Crippen LogP contribution in [0.5, 0.6) is 5.75 Å². The molecule has 0 aliphatic heterocycles. The molecule has 13 heteroatoms. The molecular weight excluding hydrogens is 658 g/mol.